The van der Waals surface area contributed by atoms with E-state index in [1.54, 1.807) is 13.3 Å². The zero-order valence-corrected chi connectivity index (χ0v) is 16.7. The van der Waals surface area contributed by atoms with Gasteiger partial charge in [-0.1, -0.05) is 18.9 Å². The Bertz CT molecular complexity index is 1040. The minimum atomic E-state index is -0.205. The normalized spacial score (nSPS) is 23.5. The van der Waals surface area contributed by atoms with Crippen LogP contribution in [0.2, 0.25) is 0 Å². The van der Waals surface area contributed by atoms with Crippen molar-refractivity contribution < 1.29 is 4.74 Å². The van der Waals surface area contributed by atoms with E-state index < -0.39 is 0 Å². The topological polar surface area (TPSA) is 57.0 Å². The summed E-state index contributed by atoms with van der Waals surface area (Å²) in [5, 5.41) is 0. The van der Waals surface area contributed by atoms with E-state index in [4.69, 9.17) is 9.72 Å². The first-order chi connectivity index (χ1) is 13.5. The Kier molecular flexibility index (Phi) is 4.91. The van der Waals surface area contributed by atoms with Gasteiger partial charge in [0.2, 0.25) is 0 Å². The summed E-state index contributed by atoms with van der Waals surface area (Å²) in [4.78, 5) is 22.3. The molecule has 0 spiro atoms. The minimum absolute atomic E-state index is 0.0974. The van der Waals surface area contributed by atoms with Crippen LogP contribution in [0.5, 0.6) is 0 Å². The van der Waals surface area contributed by atoms with Gasteiger partial charge in [0.25, 0.3) is 5.56 Å². The lowest BCUT2D eigenvalue weighted by Gasteiger charge is -2.25. The number of allylic oxidation sites excluding steroid dienone is 1. The van der Waals surface area contributed by atoms with Crippen LogP contribution in [0.15, 0.2) is 34.8 Å². The summed E-state index contributed by atoms with van der Waals surface area (Å²) in [7, 11) is 1.74. The van der Waals surface area contributed by atoms with Crippen LogP contribution in [-0.2, 0) is 24.1 Å². The molecule has 2 aromatic rings. The molecule has 4 rings (SSSR count). The molecule has 2 aromatic heterocycles. The highest BCUT2D eigenvalue weighted by atomic mass is 16.5. The van der Waals surface area contributed by atoms with Crippen LogP contribution in [0.3, 0.4) is 0 Å². The van der Waals surface area contributed by atoms with Crippen molar-refractivity contribution in [1.82, 2.24) is 14.5 Å². The van der Waals surface area contributed by atoms with E-state index in [0.29, 0.717) is 13.0 Å². The molecule has 2 aliphatic rings. The monoisotopic (exact) mass is 375 g/mol. The number of aromatic nitrogens is 3. The summed E-state index contributed by atoms with van der Waals surface area (Å²) in [6.45, 7) is 4.87. The molecule has 0 N–H and O–H groups in total. The molecule has 0 amide bonds. The molecule has 28 heavy (non-hydrogen) atoms. The summed E-state index contributed by atoms with van der Waals surface area (Å²) in [6.07, 6.45) is 6.83. The molecule has 5 nitrogen and oxygen atoms in total. The first kappa shape index (κ1) is 18.6. The maximum atomic E-state index is 13.1. The largest absolute Gasteiger partial charge is 0.378 e. The highest BCUT2D eigenvalue weighted by molar-refractivity contribution is 5.62. The third kappa shape index (κ3) is 3.53. The maximum Gasteiger partial charge on any atom is 0.257 e. The number of aryl methyl sites for hydroxylation is 1. The zero-order chi connectivity index (χ0) is 19.7. The first-order valence-electron chi connectivity index (χ1n) is 9.81. The van der Waals surface area contributed by atoms with E-state index in [9.17, 15) is 4.79 Å². The molecule has 2 unspecified atom stereocenters. The summed E-state index contributed by atoms with van der Waals surface area (Å²) >= 11 is 0. The predicted octanol–water partition coefficient (Wildman–Crippen LogP) is 3.01. The fraction of sp³-hybridized carbons (Fsp3) is 0.435. The van der Waals surface area contributed by atoms with Crippen LogP contribution in [0.1, 0.15) is 49.5 Å². The first-order valence-corrected chi connectivity index (χ1v) is 9.81. The lowest BCUT2D eigenvalue weighted by molar-refractivity contribution is -0.00758. The molecule has 1 aliphatic carbocycles. The van der Waals surface area contributed by atoms with Crippen molar-refractivity contribution in [3.8, 4) is 11.8 Å². The fourth-order valence-electron chi connectivity index (χ4n) is 3.88. The van der Waals surface area contributed by atoms with Crippen LogP contribution in [-0.4, -0.2) is 27.2 Å². The van der Waals surface area contributed by atoms with Gasteiger partial charge in [0, 0.05) is 37.4 Å². The lowest BCUT2D eigenvalue weighted by atomic mass is 9.87. The van der Waals surface area contributed by atoms with E-state index in [-0.39, 0.29) is 17.1 Å². The Labute approximate surface area is 165 Å². The van der Waals surface area contributed by atoms with E-state index in [2.05, 4.69) is 30.7 Å². The molecule has 5 heteroatoms. The molecule has 0 bridgehead atoms. The van der Waals surface area contributed by atoms with Crippen LogP contribution in [0, 0.1) is 17.8 Å². The Balaban J connectivity index is 1.72. The van der Waals surface area contributed by atoms with Gasteiger partial charge in [-0.3, -0.25) is 9.36 Å². The Morgan fingerprint density at radius 3 is 2.89 bits per heavy atom. The summed E-state index contributed by atoms with van der Waals surface area (Å²) in [5.74, 6) is 7.41. The quantitative estimate of drug-likeness (QED) is 0.719. The maximum absolute atomic E-state index is 13.1. The summed E-state index contributed by atoms with van der Waals surface area (Å²) in [5.41, 5.74) is 3.23. The molecule has 3 heterocycles. The zero-order valence-electron chi connectivity index (χ0n) is 16.7. The number of methoxy groups -OCH3 is 1. The number of ether oxygens (including phenoxy) is 1. The third-order valence-electron chi connectivity index (χ3n) is 5.94. The van der Waals surface area contributed by atoms with Gasteiger partial charge in [0.1, 0.15) is 11.5 Å². The average Bonchev–Trinajstić information content (AvgIpc) is 2.88. The van der Waals surface area contributed by atoms with Gasteiger partial charge in [-0.25, -0.2) is 9.97 Å². The fourth-order valence-corrected chi connectivity index (χ4v) is 3.88. The van der Waals surface area contributed by atoms with E-state index in [1.165, 1.54) is 0 Å². The highest BCUT2D eigenvalue weighted by Crippen LogP contribution is 2.29. The molecule has 0 saturated carbocycles. The summed E-state index contributed by atoms with van der Waals surface area (Å²) < 4.78 is 7.54. The second-order valence-electron chi connectivity index (χ2n) is 7.92. The number of hydrogen-bond donors (Lipinski definition) is 0. The second-order valence-corrected chi connectivity index (χ2v) is 7.92. The Hall–Kier alpha value is -2.71. The van der Waals surface area contributed by atoms with Crippen molar-refractivity contribution in [2.24, 2.45) is 5.92 Å². The Morgan fingerprint density at radius 2 is 2.14 bits per heavy atom. The van der Waals surface area contributed by atoms with Gasteiger partial charge < -0.3 is 4.74 Å². The van der Waals surface area contributed by atoms with Crippen LogP contribution >= 0.6 is 0 Å². The van der Waals surface area contributed by atoms with E-state index in [1.807, 2.05) is 28.8 Å². The number of nitrogens with zero attached hydrogens (tertiary/aromatic N) is 3. The average molecular weight is 375 g/mol. The standard InChI is InChI=1S/C23H25N3O2/c1-16-14-19-20(15-17(16)7-8-18-6-4-5-12-24-18)25-21-9-10-23(2,28-3)11-13-26(21)22(19)27/h4-6,12,15-16H,9-11,13-14H2,1-3H3. The van der Waals surface area contributed by atoms with Crippen molar-refractivity contribution in [3.05, 3.63) is 63.1 Å². The molecule has 1 aliphatic heterocycles. The third-order valence-corrected chi connectivity index (χ3v) is 5.94. The second kappa shape index (κ2) is 7.37. The van der Waals surface area contributed by atoms with Crippen molar-refractivity contribution in [2.75, 3.05) is 7.11 Å². The number of rotatable bonds is 1. The van der Waals surface area contributed by atoms with Crippen molar-refractivity contribution in [3.63, 3.8) is 0 Å². The number of pyridine rings is 1. The van der Waals surface area contributed by atoms with Crippen LogP contribution in [0.25, 0.3) is 6.08 Å². The number of fused-ring (bicyclic) bond motifs is 2. The summed E-state index contributed by atoms with van der Waals surface area (Å²) in [6, 6.07) is 5.70. The smallest absolute Gasteiger partial charge is 0.257 e. The van der Waals surface area contributed by atoms with Crippen molar-refractivity contribution in [2.45, 2.75) is 51.7 Å². The van der Waals surface area contributed by atoms with Gasteiger partial charge in [-0.05, 0) is 56.2 Å². The van der Waals surface area contributed by atoms with Gasteiger partial charge in [0.05, 0.1) is 11.3 Å². The van der Waals surface area contributed by atoms with Gasteiger partial charge in [-0.15, -0.1) is 0 Å². The SMILES string of the molecule is COC1(C)CCc2nc3c(c(=O)n2CC1)CC(C)C(C#Cc1ccccn1)=C3. The van der Waals surface area contributed by atoms with Gasteiger partial charge in [0.15, 0.2) is 0 Å². The molecule has 0 radical (unpaired) electrons. The van der Waals surface area contributed by atoms with Crippen LogP contribution < -0.4 is 5.56 Å². The lowest BCUT2D eigenvalue weighted by Crippen LogP contribution is -2.32. The van der Waals surface area contributed by atoms with E-state index in [0.717, 1.165) is 47.6 Å². The molecule has 0 fully saturated rings. The molecule has 144 valence electrons. The van der Waals surface area contributed by atoms with Gasteiger partial charge >= 0.3 is 0 Å². The van der Waals surface area contributed by atoms with Crippen LogP contribution in [0.4, 0.5) is 0 Å². The molecule has 0 saturated heterocycles. The number of hydrogen-bond acceptors (Lipinski definition) is 4. The van der Waals surface area contributed by atoms with Crippen molar-refractivity contribution >= 4 is 6.08 Å². The van der Waals surface area contributed by atoms with Gasteiger partial charge in [-0.2, -0.15) is 0 Å². The molecule has 2 atom stereocenters. The Morgan fingerprint density at radius 1 is 1.29 bits per heavy atom. The molecular weight excluding hydrogens is 350 g/mol. The van der Waals surface area contributed by atoms with Crippen molar-refractivity contribution in [1.29, 1.82) is 0 Å². The predicted molar refractivity (Wildman–Crippen MR) is 109 cm³/mol. The highest BCUT2D eigenvalue weighted by Gasteiger charge is 2.30. The molecule has 0 aromatic carbocycles. The minimum Gasteiger partial charge on any atom is -0.378 e. The molecular formula is C23H25N3O2. The van der Waals surface area contributed by atoms with E-state index >= 15 is 0 Å².